The minimum absolute atomic E-state index is 0.375. The van der Waals surface area contributed by atoms with Crippen LogP contribution in [0.1, 0.15) is 12.8 Å². The number of anilines is 1. The Labute approximate surface area is 128 Å². The van der Waals surface area contributed by atoms with Crippen LogP contribution in [0.3, 0.4) is 0 Å². The van der Waals surface area contributed by atoms with Crippen molar-refractivity contribution in [2.24, 2.45) is 0 Å². The SMILES string of the molecule is O=S(=O)(Nc1ccccc1Cl)C1C=CC2(CC1)OCCO2. The van der Waals surface area contributed by atoms with Crippen molar-refractivity contribution in [1.29, 1.82) is 0 Å². The average molecular weight is 330 g/mol. The molecule has 0 amide bonds. The zero-order valence-electron chi connectivity index (χ0n) is 11.3. The summed E-state index contributed by atoms with van der Waals surface area (Å²) in [5.74, 6) is -0.726. The summed E-state index contributed by atoms with van der Waals surface area (Å²) in [5.41, 5.74) is 0.390. The van der Waals surface area contributed by atoms with Crippen molar-refractivity contribution in [3.63, 3.8) is 0 Å². The predicted molar refractivity (Wildman–Crippen MR) is 80.8 cm³/mol. The molecule has 114 valence electrons. The van der Waals surface area contributed by atoms with E-state index in [-0.39, 0.29) is 0 Å². The van der Waals surface area contributed by atoms with E-state index in [1.54, 1.807) is 36.4 Å². The number of sulfonamides is 1. The monoisotopic (exact) mass is 329 g/mol. The summed E-state index contributed by atoms with van der Waals surface area (Å²) in [4.78, 5) is 0. The Morgan fingerprint density at radius 3 is 2.57 bits per heavy atom. The van der Waals surface area contributed by atoms with Gasteiger partial charge in [0.25, 0.3) is 0 Å². The van der Waals surface area contributed by atoms with Crippen molar-refractivity contribution in [2.45, 2.75) is 23.9 Å². The lowest BCUT2D eigenvalue weighted by Crippen LogP contribution is -2.36. The molecule has 2 aliphatic rings. The second-order valence-corrected chi connectivity index (χ2v) is 7.38. The molecule has 1 aromatic carbocycles. The molecule has 5 nitrogen and oxygen atoms in total. The fourth-order valence-electron chi connectivity index (χ4n) is 2.52. The standard InChI is InChI=1S/C14H16ClNO4S/c15-12-3-1-2-4-13(12)16-21(17,18)11-5-7-14(8-6-11)19-9-10-20-14/h1-5,7,11,16H,6,8-10H2. The summed E-state index contributed by atoms with van der Waals surface area (Å²) >= 11 is 5.98. The van der Waals surface area contributed by atoms with Gasteiger partial charge >= 0.3 is 0 Å². The second-order valence-electron chi connectivity index (χ2n) is 5.07. The van der Waals surface area contributed by atoms with Gasteiger partial charge in [0.1, 0.15) is 0 Å². The predicted octanol–water partition coefficient (Wildman–Crippen LogP) is 2.54. The quantitative estimate of drug-likeness (QED) is 0.866. The maximum Gasteiger partial charge on any atom is 0.239 e. The van der Waals surface area contributed by atoms with E-state index in [0.717, 1.165) is 0 Å². The molecule has 1 saturated heterocycles. The van der Waals surface area contributed by atoms with Crippen LogP contribution in [0.5, 0.6) is 0 Å². The molecular formula is C14H16ClNO4S. The largest absolute Gasteiger partial charge is 0.344 e. The molecule has 0 radical (unpaired) electrons. The maximum atomic E-state index is 12.4. The van der Waals surface area contributed by atoms with Gasteiger partial charge in [0.05, 0.1) is 29.2 Å². The Kier molecular flexibility index (Phi) is 3.96. The van der Waals surface area contributed by atoms with Gasteiger partial charge in [-0.2, -0.15) is 0 Å². The van der Waals surface area contributed by atoms with Gasteiger partial charge < -0.3 is 9.47 Å². The highest BCUT2D eigenvalue weighted by atomic mass is 35.5. The summed E-state index contributed by atoms with van der Waals surface area (Å²) in [6, 6.07) is 6.76. The fraction of sp³-hybridized carbons (Fsp3) is 0.429. The summed E-state index contributed by atoms with van der Waals surface area (Å²) < 4.78 is 38.4. The van der Waals surface area contributed by atoms with Crippen molar-refractivity contribution in [2.75, 3.05) is 17.9 Å². The molecular weight excluding hydrogens is 314 g/mol. The van der Waals surface area contributed by atoms with Gasteiger partial charge in [0, 0.05) is 6.42 Å². The zero-order valence-corrected chi connectivity index (χ0v) is 12.9. The van der Waals surface area contributed by atoms with Crippen molar-refractivity contribution in [1.82, 2.24) is 0 Å². The average Bonchev–Trinajstić information content (AvgIpc) is 2.90. The molecule has 1 aliphatic carbocycles. The number of hydrogen-bond acceptors (Lipinski definition) is 4. The van der Waals surface area contributed by atoms with Crippen LogP contribution in [0.2, 0.25) is 5.02 Å². The maximum absolute atomic E-state index is 12.4. The highest BCUT2D eigenvalue weighted by molar-refractivity contribution is 7.93. The molecule has 7 heteroatoms. The Morgan fingerprint density at radius 1 is 1.24 bits per heavy atom. The summed E-state index contributed by atoms with van der Waals surface area (Å²) in [6.07, 6.45) is 4.31. The molecule has 1 spiro atoms. The number of para-hydroxylation sites is 1. The third-order valence-corrected chi connectivity index (χ3v) is 5.67. The Bertz CT molecular complexity index is 653. The highest BCUT2D eigenvalue weighted by Gasteiger charge is 2.39. The van der Waals surface area contributed by atoms with E-state index >= 15 is 0 Å². The first kappa shape index (κ1) is 14.8. The lowest BCUT2D eigenvalue weighted by molar-refractivity contribution is -0.124. The molecule has 1 aromatic rings. The van der Waals surface area contributed by atoms with Gasteiger partial charge in [0.15, 0.2) is 5.79 Å². The van der Waals surface area contributed by atoms with E-state index in [2.05, 4.69) is 4.72 Å². The molecule has 1 fully saturated rings. The Morgan fingerprint density at radius 2 is 1.95 bits per heavy atom. The topological polar surface area (TPSA) is 64.6 Å². The van der Waals surface area contributed by atoms with Gasteiger partial charge in [0.2, 0.25) is 10.0 Å². The number of nitrogens with one attached hydrogen (secondary N) is 1. The van der Waals surface area contributed by atoms with E-state index in [9.17, 15) is 8.42 Å². The van der Waals surface area contributed by atoms with E-state index < -0.39 is 21.1 Å². The van der Waals surface area contributed by atoms with Crippen LogP contribution in [0.15, 0.2) is 36.4 Å². The van der Waals surface area contributed by atoms with Crippen molar-refractivity contribution >= 4 is 27.3 Å². The van der Waals surface area contributed by atoms with Crippen LogP contribution in [-0.2, 0) is 19.5 Å². The first-order chi connectivity index (χ1) is 10.0. The Hall–Kier alpha value is -1.08. The molecule has 1 heterocycles. The van der Waals surface area contributed by atoms with Gasteiger partial charge in [-0.15, -0.1) is 0 Å². The van der Waals surface area contributed by atoms with E-state index in [4.69, 9.17) is 21.1 Å². The molecule has 0 bridgehead atoms. The van der Waals surface area contributed by atoms with Gasteiger partial charge in [-0.3, -0.25) is 4.72 Å². The fourth-order valence-corrected chi connectivity index (χ4v) is 4.11. The summed E-state index contributed by atoms with van der Waals surface area (Å²) in [6.45, 7) is 1.08. The first-order valence-corrected chi connectivity index (χ1v) is 8.67. The molecule has 1 atom stereocenters. The number of rotatable bonds is 3. The van der Waals surface area contributed by atoms with E-state index in [1.807, 2.05) is 0 Å². The number of benzene rings is 1. The van der Waals surface area contributed by atoms with Crippen LogP contribution in [0.4, 0.5) is 5.69 Å². The van der Waals surface area contributed by atoms with Crippen LogP contribution >= 0.6 is 11.6 Å². The van der Waals surface area contributed by atoms with Crippen LogP contribution in [0, 0.1) is 0 Å². The lowest BCUT2D eigenvalue weighted by Gasteiger charge is -2.30. The highest BCUT2D eigenvalue weighted by Crippen LogP contribution is 2.33. The second kappa shape index (κ2) is 5.61. The van der Waals surface area contributed by atoms with Crippen LogP contribution in [0.25, 0.3) is 0 Å². The van der Waals surface area contributed by atoms with Crippen LogP contribution in [-0.4, -0.2) is 32.7 Å². The van der Waals surface area contributed by atoms with E-state index in [0.29, 0.717) is 36.8 Å². The zero-order chi connectivity index (χ0) is 14.9. The lowest BCUT2D eigenvalue weighted by atomic mass is 10.0. The van der Waals surface area contributed by atoms with Crippen molar-refractivity contribution < 1.29 is 17.9 Å². The third kappa shape index (κ3) is 3.08. The summed E-state index contributed by atoms with van der Waals surface area (Å²) in [7, 11) is -3.54. The molecule has 21 heavy (non-hydrogen) atoms. The van der Waals surface area contributed by atoms with Gasteiger partial charge in [-0.25, -0.2) is 8.42 Å². The first-order valence-electron chi connectivity index (χ1n) is 6.74. The van der Waals surface area contributed by atoms with Crippen molar-refractivity contribution in [3.05, 3.63) is 41.4 Å². The molecule has 3 rings (SSSR count). The normalized spacial score (nSPS) is 24.3. The number of ether oxygens (including phenoxy) is 2. The van der Waals surface area contributed by atoms with E-state index in [1.165, 1.54) is 0 Å². The molecule has 1 unspecified atom stereocenters. The number of hydrogen-bond donors (Lipinski definition) is 1. The van der Waals surface area contributed by atoms with Crippen molar-refractivity contribution in [3.8, 4) is 0 Å². The Balaban J connectivity index is 1.76. The molecule has 1 N–H and O–H groups in total. The minimum atomic E-state index is -3.54. The molecule has 0 saturated carbocycles. The number of halogens is 1. The van der Waals surface area contributed by atoms with Gasteiger partial charge in [-0.05, 0) is 24.6 Å². The van der Waals surface area contributed by atoms with Crippen LogP contribution < -0.4 is 4.72 Å². The molecule has 0 aromatic heterocycles. The summed E-state index contributed by atoms with van der Waals surface area (Å²) in [5, 5.41) is -0.244. The minimum Gasteiger partial charge on any atom is -0.344 e. The third-order valence-electron chi connectivity index (χ3n) is 3.64. The van der Waals surface area contributed by atoms with Gasteiger partial charge in [-0.1, -0.05) is 29.8 Å². The molecule has 1 aliphatic heterocycles. The smallest absolute Gasteiger partial charge is 0.239 e.